The van der Waals surface area contributed by atoms with Gasteiger partial charge in [-0.25, -0.2) is 14.2 Å². The van der Waals surface area contributed by atoms with Crippen molar-refractivity contribution in [2.75, 3.05) is 17.2 Å². The third-order valence-corrected chi connectivity index (χ3v) is 7.81. The van der Waals surface area contributed by atoms with Crippen LogP contribution >= 0.6 is 22.9 Å². The molecule has 0 saturated heterocycles. The van der Waals surface area contributed by atoms with Crippen molar-refractivity contribution in [1.82, 2.24) is 9.88 Å². The van der Waals surface area contributed by atoms with Gasteiger partial charge in [0.15, 0.2) is 11.2 Å². The molecule has 218 valence electrons. The maximum Gasteiger partial charge on any atom is 0.338 e. The largest absolute Gasteiger partial charge is 0.456 e. The van der Waals surface area contributed by atoms with Gasteiger partial charge in [-0.2, -0.15) is 0 Å². The first-order valence-electron chi connectivity index (χ1n) is 13.4. The Balaban J connectivity index is 1.56. The normalized spacial score (nSPS) is 14.3. The van der Waals surface area contributed by atoms with Crippen molar-refractivity contribution >= 4 is 52.1 Å². The molecule has 0 bridgehead atoms. The molecule has 4 rings (SSSR count). The Morgan fingerprint density at radius 1 is 1.12 bits per heavy atom. The lowest BCUT2D eigenvalue weighted by Crippen LogP contribution is -2.35. The van der Waals surface area contributed by atoms with Gasteiger partial charge in [0.2, 0.25) is 0 Å². The summed E-state index contributed by atoms with van der Waals surface area (Å²) in [6.07, 6.45) is -1.51. The number of thiazole rings is 1. The van der Waals surface area contributed by atoms with Gasteiger partial charge in [-0.05, 0) is 76.6 Å². The number of carbonyl (C=O) groups excluding carboxylic acids is 3. The minimum atomic E-state index is -1.93. The standard InChI is InChI=1S/C30H34ClFN4O4S/c1-17(2)36-13-12-23-25(16-36)41-28(35-23)27(38)34-24-15-19(29(39)40-30(3,4)5)7-6-18(24)14-22(32)26(37)33-21-10-8-20(31)9-11-21/h6-11,15,17,22H,12-14,16H2,1-5H3,(H,33,37)(H,34,38). The summed E-state index contributed by atoms with van der Waals surface area (Å²) in [6.45, 7) is 11.1. The van der Waals surface area contributed by atoms with Crippen molar-refractivity contribution in [1.29, 1.82) is 0 Å². The molecular formula is C30H34ClFN4O4S. The number of amides is 2. The first kappa shape index (κ1) is 30.6. The molecule has 1 aromatic heterocycles. The van der Waals surface area contributed by atoms with Crippen molar-refractivity contribution in [3.8, 4) is 0 Å². The van der Waals surface area contributed by atoms with Crippen molar-refractivity contribution in [2.24, 2.45) is 0 Å². The van der Waals surface area contributed by atoms with Crippen LogP contribution in [0.15, 0.2) is 42.5 Å². The number of fused-ring (bicyclic) bond motifs is 1. The summed E-state index contributed by atoms with van der Waals surface area (Å²) in [5.74, 6) is -1.90. The number of esters is 1. The lowest BCUT2D eigenvalue weighted by Gasteiger charge is -2.29. The van der Waals surface area contributed by atoms with Crippen LogP contribution in [0.2, 0.25) is 5.02 Å². The molecule has 2 N–H and O–H groups in total. The van der Waals surface area contributed by atoms with Crippen LogP contribution in [0.1, 0.15) is 70.9 Å². The van der Waals surface area contributed by atoms with E-state index in [1.807, 2.05) is 0 Å². The van der Waals surface area contributed by atoms with Crippen molar-refractivity contribution < 1.29 is 23.5 Å². The molecular weight excluding hydrogens is 567 g/mol. The molecule has 0 fully saturated rings. The van der Waals surface area contributed by atoms with Crippen LogP contribution in [-0.2, 0) is 28.9 Å². The van der Waals surface area contributed by atoms with Gasteiger partial charge in [0.1, 0.15) is 5.60 Å². The SMILES string of the molecule is CC(C)N1CCc2nc(C(=O)Nc3cc(C(=O)OC(C)(C)C)ccc3CC(F)C(=O)Nc3ccc(Cl)cc3)sc2C1. The molecule has 0 saturated carbocycles. The van der Waals surface area contributed by atoms with Crippen molar-refractivity contribution in [3.05, 3.63) is 74.2 Å². The number of carbonyl (C=O) groups is 3. The summed E-state index contributed by atoms with van der Waals surface area (Å²) in [4.78, 5) is 46.6. The maximum absolute atomic E-state index is 15.2. The summed E-state index contributed by atoms with van der Waals surface area (Å²) in [6, 6.07) is 11.2. The van der Waals surface area contributed by atoms with E-state index < -0.39 is 29.6 Å². The number of ether oxygens (including phenoxy) is 1. The van der Waals surface area contributed by atoms with E-state index in [1.165, 1.54) is 29.5 Å². The van der Waals surface area contributed by atoms with Gasteiger partial charge in [-0.1, -0.05) is 17.7 Å². The van der Waals surface area contributed by atoms with Gasteiger partial charge in [0, 0.05) is 53.2 Å². The van der Waals surface area contributed by atoms with Gasteiger partial charge < -0.3 is 15.4 Å². The van der Waals surface area contributed by atoms with Crippen LogP contribution in [0, 0.1) is 0 Å². The Hall–Kier alpha value is -3.34. The molecule has 3 aromatic rings. The van der Waals surface area contributed by atoms with Crippen LogP contribution in [0.3, 0.4) is 0 Å². The average molecular weight is 601 g/mol. The van der Waals surface area contributed by atoms with Gasteiger partial charge in [0.05, 0.1) is 11.3 Å². The summed E-state index contributed by atoms with van der Waals surface area (Å²) in [5, 5.41) is 6.10. The van der Waals surface area contributed by atoms with Crippen molar-refractivity contribution in [3.63, 3.8) is 0 Å². The molecule has 1 atom stereocenters. The zero-order valence-electron chi connectivity index (χ0n) is 23.7. The number of nitrogens with one attached hydrogen (secondary N) is 2. The number of alkyl halides is 1. The van der Waals surface area contributed by atoms with Crippen LogP contribution in [0.5, 0.6) is 0 Å². The Morgan fingerprint density at radius 2 is 1.83 bits per heavy atom. The Bertz CT molecular complexity index is 1440. The van der Waals surface area contributed by atoms with E-state index in [0.29, 0.717) is 22.3 Å². The lowest BCUT2D eigenvalue weighted by molar-refractivity contribution is -0.120. The molecule has 0 aliphatic carbocycles. The molecule has 1 aliphatic heterocycles. The fourth-order valence-electron chi connectivity index (χ4n) is 4.30. The number of hydrogen-bond acceptors (Lipinski definition) is 7. The van der Waals surface area contributed by atoms with E-state index >= 15 is 4.39 Å². The molecule has 0 spiro atoms. The fraction of sp³-hybridized carbons (Fsp3) is 0.400. The van der Waals surface area contributed by atoms with E-state index in [1.54, 1.807) is 45.0 Å². The molecule has 41 heavy (non-hydrogen) atoms. The number of anilines is 2. The van der Waals surface area contributed by atoms with E-state index in [9.17, 15) is 14.4 Å². The Kier molecular flexibility index (Phi) is 9.46. The lowest BCUT2D eigenvalue weighted by atomic mass is 10.0. The van der Waals surface area contributed by atoms with Gasteiger partial charge >= 0.3 is 5.97 Å². The first-order valence-corrected chi connectivity index (χ1v) is 14.6. The highest BCUT2D eigenvalue weighted by atomic mass is 35.5. The summed E-state index contributed by atoms with van der Waals surface area (Å²) < 4.78 is 20.6. The van der Waals surface area contributed by atoms with Gasteiger partial charge in [0.25, 0.3) is 11.8 Å². The second kappa shape index (κ2) is 12.7. The molecule has 2 aromatic carbocycles. The molecule has 0 radical (unpaired) electrons. The van der Waals surface area contributed by atoms with Crippen LogP contribution in [0.4, 0.5) is 15.8 Å². The number of benzene rings is 2. The summed E-state index contributed by atoms with van der Waals surface area (Å²) in [7, 11) is 0. The number of hydrogen-bond donors (Lipinski definition) is 2. The molecule has 8 nitrogen and oxygen atoms in total. The highest BCUT2D eigenvalue weighted by molar-refractivity contribution is 7.13. The Morgan fingerprint density at radius 3 is 2.49 bits per heavy atom. The second-order valence-electron chi connectivity index (χ2n) is 11.2. The third kappa shape index (κ3) is 8.12. The minimum Gasteiger partial charge on any atom is -0.456 e. The monoisotopic (exact) mass is 600 g/mol. The van der Waals surface area contributed by atoms with Gasteiger partial charge in [-0.3, -0.25) is 14.5 Å². The molecule has 1 aliphatic rings. The Labute approximate surface area is 248 Å². The van der Waals surface area contributed by atoms with Gasteiger partial charge in [-0.15, -0.1) is 11.3 Å². The zero-order valence-corrected chi connectivity index (χ0v) is 25.3. The second-order valence-corrected chi connectivity index (χ2v) is 12.7. The predicted octanol–water partition coefficient (Wildman–Crippen LogP) is 6.29. The van der Waals surface area contributed by atoms with Crippen molar-refractivity contribution in [2.45, 2.75) is 71.8 Å². The quantitative estimate of drug-likeness (QED) is 0.295. The van der Waals surface area contributed by atoms with Crippen LogP contribution < -0.4 is 10.6 Å². The van der Waals surface area contributed by atoms with Crippen LogP contribution in [-0.4, -0.2) is 52.0 Å². The first-order chi connectivity index (χ1) is 19.3. The van der Waals surface area contributed by atoms with Crippen LogP contribution in [0.25, 0.3) is 0 Å². The van der Waals surface area contributed by atoms with E-state index in [0.717, 1.165) is 30.1 Å². The fourth-order valence-corrected chi connectivity index (χ4v) is 5.46. The highest BCUT2D eigenvalue weighted by Crippen LogP contribution is 2.28. The smallest absolute Gasteiger partial charge is 0.338 e. The molecule has 11 heteroatoms. The topological polar surface area (TPSA) is 101 Å². The summed E-state index contributed by atoms with van der Waals surface area (Å²) >= 11 is 7.20. The molecule has 2 amide bonds. The number of rotatable bonds is 8. The maximum atomic E-state index is 15.2. The third-order valence-electron chi connectivity index (χ3n) is 6.47. The predicted molar refractivity (Wildman–Crippen MR) is 160 cm³/mol. The highest BCUT2D eigenvalue weighted by Gasteiger charge is 2.26. The number of nitrogens with zero attached hydrogens (tertiary/aromatic N) is 2. The minimum absolute atomic E-state index is 0.186. The average Bonchev–Trinajstić information content (AvgIpc) is 3.33. The van der Waals surface area contributed by atoms with E-state index in [-0.39, 0.29) is 22.7 Å². The molecule has 1 unspecified atom stereocenters. The number of halogens is 2. The zero-order chi connectivity index (χ0) is 29.9. The number of aromatic nitrogens is 1. The summed E-state index contributed by atoms with van der Waals surface area (Å²) in [5.41, 5.74) is 1.31. The molecule has 2 heterocycles. The van der Waals surface area contributed by atoms with E-state index in [2.05, 4.69) is 34.4 Å². The van der Waals surface area contributed by atoms with E-state index in [4.69, 9.17) is 16.3 Å².